The Balaban J connectivity index is 1.63. The van der Waals surface area contributed by atoms with E-state index in [1.807, 2.05) is 13.8 Å². The van der Waals surface area contributed by atoms with Gasteiger partial charge in [-0.25, -0.2) is 8.78 Å². The molecule has 0 bridgehead atoms. The molecular formula is C21H24F2N2O2. The maximum atomic E-state index is 13.3. The van der Waals surface area contributed by atoms with Gasteiger partial charge in [-0.1, -0.05) is 6.07 Å². The molecule has 2 aromatic rings. The Morgan fingerprint density at radius 1 is 1.07 bits per heavy atom. The van der Waals surface area contributed by atoms with Crippen molar-refractivity contribution in [3.63, 3.8) is 0 Å². The van der Waals surface area contributed by atoms with Crippen molar-refractivity contribution in [2.24, 2.45) is 0 Å². The smallest absolute Gasteiger partial charge is 0.224 e. The Kier molecular flexibility index (Phi) is 6.06. The van der Waals surface area contributed by atoms with Crippen LogP contribution in [0.25, 0.3) is 0 Å². The summed E-state index contributed by atoms with van der Waals surface area (Å²) < 4.78 is 31.6. The van der Waals surface area contributed by atoms with Crippen LogP contribution in [0.1, 0.15) is 23.1 Å². The monoisotopic (exact) mass is 374 g/mol. The standard InChI is InChI=1S/C21H24F2N2O2/c1-14-11-17(25-7-9-27-10-8-25)12-15(2)21(14)24-20(26)6-4-16-3-5-18(22)19(23)13-16/h3,5,11-13H,4,6-10H2,1-2H3,(H,24,26). The number of carbonyl (C=O) groups is 1. The number of benzene rings is 2. The van der Waals surface area contributed by atoms with Gasteiger partial charge in [0.25, 0.3) is 0 Å². The van der Waals surface area contributed by atoms with E-state index in [9.17, 15) is 13.6 Å². The summed E-state index contributed by atoms with van der Waals surface area (Å²) in [5, 5.41) is 2.95. The molecule has 27 heavy (non-hydrogen) atoms. The molecule has 1 heterocycles. The normalized spacial score (nSPS) is 14.3. The zero-order valence-electron chi connectivity index (χ0n) is 15.6. The van der Waals surface area contributed by atoms with E-state index in [0.29, 0.717) is 12.0 Å². The van der Waals surface area contributed by atoms with Crippen molar-refractivity contribution in [3.05, 3.63) is 58.7 Å². The summed E-state index contributed by atoms with van der Waals surface area (Å²) in [7, 11) is 0. The molecule has 0 unspecified atom stereocenters. The first-order valence-corrected chi connectivity index (χ1v) is 9.12. The summed E-state index contributed by atoms with van der Waals surface area (Å²) in [5.74, 6) is -1.92. The highest BCUT2D eigenvalue weighted by molar-refractivity contribution is 5.92. The lowest BCUT2D eigenvalue weighted by Crippen LogP contribution is -2.36. The molecule has 1 fully saturated rings. The number of halogens is 2. The van der Waals surface area contributed by atoms with Crippen molar-refractivity contribution < 1.29 is 18.3 Å². The summed E-state index contributed by atoms with van der Waals surface area (Å²) in [6.45, 7) is 7.11. The summed E-state index contributed by atoms with van der Waals surface area (Å²) >= 11 is 0. The zero-order chi connectivity index (χ0) is 19.4. The van der Waals surface area contributed by atoms with E-state index in [-0.39, 0.29) is 12.3 Å². The minimum Gasteiger partial charge on any atom is -0.378 e. The van der Waals surface area contributed by atoms with Gasteiger partial charge in [0.2, 0.25) is 5.91 Å². The van der Waals surface area contributed by atoms with Gasteiger partial charge in [-0.15, -0.1) is 0 Å². The SMILES string of the molecule is Cc1cc(N2CCOCC2)cc(C)c1NC(=O)CCc1ccc(F)c(F)c1. The molecule has 3 rings (SSSR count). The van der Waals surface area contributed by atoms with E-state index in [0.717, 1.165) is 60.9 Å². The fourth-order valence-electron chi connectivity index (χ4n) is 3.30. The third-order valence-electron chi connectivity index (χ3n) is 4.78. The molecule has 0 atom stereocenters. The van der Waals surface area contributed by atoms with Crippen LogP contribution in [0.2, 0.25) is 0 Å². The van der Waals surface area contributed by atoms with Crippen LogP contribution in [0.5, 0.6) is 0 Å². The van der Waals surface area contributed by atoms with Crippen molar-refractivity contribution >= 4 is 17.3 Å². The van der Waals surface area contributed by atoms with E-state index in [4.69, 9.17) is 4.74 Å². The highest BCUT2D eigenvalue weighted by Crippen LogP contribution is 2.28. The molecule has 0 aliphatic carbocycles. The zero-order valence-corrected chi connectivity index (χ0v) is 15.6. The molecule has 0 spiro atoms. The molecule has 2 aromatic carbocycles. The number of nitrogens with zero attached hydrogens (tertiary/aromatic N) is 1. The number of hydrogen-bond donors (Lipinski definition) is 1. The number of carbonyl (C=O) groups excluding carboxylic acids is 1. The number of nitrogens with one attached hydrogen (secondary N) is 1. The molecule has 6 heteroatoms. The minimum absolute atomic E-state index is 0.148. The maximum Gasteiger partial charge on any atom is 0.224 e. The Bertz CT molecular complexity index is 810. The maximum absolute atomic E-state index is 13.3. The van der Waals surface area contributed by atoms with Gasteiger partial charge in [-0.3, -0.25) is 4.79 Å². The molecule has 1 aliphatic heterocycles. The van der Waals surface area contributed by atoms with E-state index in [1.54, 1.807) is 0 Å². The number of rotatable bonds is 5. The van der Waals surface area contributed by atoms with Gasteiger partial charge in [0.15, 0.2) is 11.6 Å². The van der Waals surface area contributed by atoms with Gasteiger partial charge in [0, 0.05) is 30.9 Å². The first-order chi connectivity index (χ1) is 12.9. The van der Waals surface area contributed by atoms with E-state index < -0.39 is 11.6 Å². The highest BCUT2D eigenvalue weighted by atomic mass is 19.2. The van der Waals surface area contributed by atoms with Crippen LogP contribution < -0.4 is 10.2 Å². The minimum atomic E-state index is -0.890. The third kappa shape index (κ3) is 4.83. The quantitative estimate of drug-likeness (QED) is 0.860. The lowest BCUT2D eigenvalue weighted by molar-refractivity contribution is -0.116. The summed E-state index contributed by atoms with van der Waals surface area (Å²) in [4.78, 5) is 14.6. The van der Waals surface area contributed by atoms with Gasteiger partial charge >= 0.3 is 0 Å². The van der Waals surface area contributed by atoms with Crippen LogP contribution in [-0.2, 0) is 16.0 Å². The first-order valence-electron chi connectivity index (χ1n) is 9.12. The number of hydrogen-bond acceptors (Lipinski definition) is 3. The van der Waals surface area contributed by atoms with Crippen molar-refractivity contribution in [1.29, 1.82) is 0 Å². The molecule has 144 valence electrons. The highest BCUT2D eigenvalue weighted by Gasteiger charge is 2.15. The summed E-state index contributed by atoms with van der Waals surface area (Å²) in [6.07, 6.45) is 0.558. The Hall–Kier alpha value is -2.47. The van der Waals surface area contributed by atoms with Crippen LogP contribution >= 0.6 is 0 Å². The van der Waals surface area contributed by atoms with E-state index >= 15 is 0 Å². The van der Waals surface area contributed by atoms with Crippen LogP contribution in [0.15, 0.2) is 30.3 Å². The van der Waals surface area contributed by atoms with Crippen molar-refractivity contribution in [2.75, 3.05) is 36.5 Å². The van der Waals surface area contributed by atoms with Crippen LogP contribution in [0.3, 0.4) is 0 Å². The molecule has 1 saturated heterocycles. The fraction of sp³-hybridized carbons (Fsp3) is 0.381. The second kappa shape index (κ2) is 8.48. The molecule has 1 aliphatic rings. The molecule has 0 radical (unpaired) electrons. The molecule has 1 amide bonds. The number of aryl methyl sites for hydroxylation is 3. The van der Waals surface area contributed by atoms with Gasteiger partial charge in [-0.05, 0) is 61.2 Å². The molecule has 0 saturated carbocycles. The Morgan fingerprint density at radius 2 is 1.74 bits per heavy atom. The number of morpholine rings is 1. The average molecular weight is 374 g/mol. The predicted molar refractivity (Wildman–Crippen MR) is 102 cm³/mol. The fourth-order valence-corrected chi connectivity index (χ4v) is 3.30. The van der Waals surface area contributed by atoms with E-state index in [2.05, 4.69) is 22.3 Å². The van der Waals surface area contributed by atoms with Crippen LogP contribution in [-0.4, -0.2) is 32.2 Å². The lowest BCUT2D eigenvalue weighted by atomic mass is 10.1. The second-order valence-electron chi connectivity index (χ2n) is 6.85. The average Bonchev–Trinajstić information content (AvgIpc) is 2.66. The van der Waals surface area contributed by atoms with Gasteiger partial charge < -0.3 is 15.0 Å². The number of anilines is 2. The lowest BCUT2D eigenvalue weighted by Gasteiger charge is -2.30. The Morgan fingerprint density at radius 3 is 2.37 bits per heavy atom. The number of amides is 1. The third-order valence-corrected chi connectivity index (χ3v) is 4.78. The largest absolute Gasteiger partial charge is 0.378 e. The molecule has 0 aromatic heterocycles. The molecular weight excluding hydrogens is 350 g/mol. The van der Waals surface area contributed by atoms with E-state index in [1.165, 1.54) is 6.07 Å². The topological polar surface area (TPSA) is 41.6 Å². The Labute approximate surface area is 158 Å². The second-order valence-corrected chi connectivity index (χ2v) is 6.85. The summed E-state index contributed by atoms with van der Waals surface area (Å²) in [6, 6.07) is 7.86. The van der Waals surface area contributed by atoms with Gasteiger partial charge in [-0.2, -0.15) is 0 Å². The molecule has 4 nitrogen and oxygen atoms in total. The molecule has 1 N–H and O–H groups in total. The first kappa shape index (κ1) is 19.3. The van der Waals surface area contributed by atoms with Crippen molar-refractivity contribution in [1.82, 2.24) is 0 Å². The van der Waals surface area contributed by atoms with Gasteiger partial charge in [0.1, 0.15) is 0 Å². The van der Waals surface area contributed by atoms with Crippen molar-refractivity contribution in [2.45, 2.75) is 26.7 Å². The predicted octanol–water partition coefficient (Wildman–Crippen LogP) is 3.99. The number of ether oxygens (including phenoxy) is 1. The summed E-state index contributed by atoms with van der Waals surface area (Å²) in [5.41, 5.74) is 4.53. The van der Waals surface area contributed by atoms with Crippen LogP contribution in [0, 0.1) is 25.5 Å². The van der Waals surface area contributed by atoms with Gasteiger partial charge in [0.05, 0.1) is 13.2 Å². The van der Waals surface area contributed by atoms with Crippen LogP contribution in [0.4, 0.5) is 20.2 Å². The van der Waals surface area contributed by atoms with Crippen molar-refractivity contribution in [3.8, 4) is 0 Å².